The van der Waals surface area contributed by atoms with Gasteiger partial charge in [0, 0.05) is 48.4 Å². The van der Waals surface area contributed by atoms with Crippen molar-refractivity contribution in [2.24, 2.45) is 17.4 Å². The molecule has 7 aliphatic heterocycles. The van der Waals surface area contributed by atoms with Crippen LogP contribution in [0.1, 0.15) is 111 Å². The Hall–Kier alpha value is -11.8. The summed E-state index contributed by atoms with van der Waals surface area (Å²) in [5, 5.41) is 137. The van der Waals surface area contributed by atoms with Crippen LogP contribution in [0.4, 0.5) is 5.82 Å². The molecule has 45 heteroatoms. The molecule has 672 valence electrons. The standard InChI is InChI=1S/C81H90Cl4N16O25/c1-31(2)18-45(89-5)71(113)97-62-64(108)35-8-12-49(43(84)22-35)122-51-24-37-25-52(68(51)126-78-69(67(111)66(110)53(30-102)124-78)125-57-29-81(4,70(112)32(3)121-57)90-15-17-101-16-14-55(93-80(101)120)92-56(107)20-33-6-10-41(82)42(83)19-33)123-50-13-9-36(23-44(50)85)65(109)63-76(118)96-61(77(119)99-100-79(87)88)40-26-38(103)27-48(105)58(40)39-21-34(7-11-47(39)104)59(73(115)98-63)95-74(116)60(37)94-72(114)46(28-54(86)106)91-75(62)117/h6-14,16,19,21-27,31-32,45-46,53,57,59-67,69-70,78,89-90,102-105,108-112H,15,17-18,20,28-30H2,1-5H3,(H2,86,106)(H,91,117)(H,94,114)(H,95,116)(H,96,118)(H,97,113)(H,98,115)(H,99,119)(H4,87,88,100)(H,92,93,107,120)/t32-,45+,46-,53+,57-,59+,60+,61+,62+,63-,64+,65+,66+,67-,69+,70+,78?,81+/m0/s1. The molecule has 14 rings (SSSR count). The van der Waals surface area contributed by atoms with Crippen molar-refractivity contribution >= 4 is 111 Å². The number of carbonyl (C=O) groups is 9. The maximum Gasteiger partial charge on any atom is 0.349 e. The third kappa shape index (κ3) is 21.1. The number of aromatic hydroxyl groups is 3. The van der Waals surface area contributed by atoms with Crippen LogP contribution < -0.4 is 90.1 Å². The average molecular weight is 1830 g/mol. The van der Waals surface area contributed by atoms with Crippen molar-refractivity contribution < 1.29 is 118 Å². The van der Waals surface area contributed by atoms with Gasteiger partial charge in [-0.25, -0.2) is 4.79 Å². The van der Waals surface area contributed by atoms with E-state index in [4.69, 9.17) is 91.7 Å². The number of hydrazine groups is 1. The molecule has 6 aromatic carbocycles. The van der Waals surface area contributed by atoms with Crippen molar-refractivity contribution in [1.29, 1.82) is 5.41 Å². The van der Waals surface area contributed by atoms with E-state index < -0.39 is 260 Å². The smallest absolute Gasteiger partial charge is 0.349 e. The number of benzene rings is 6. The highest BCUT2D eigenvalue weighted by Crippen LogP contribution is 2.50. The first-order valence-electron chi connectivity index (χ1n) is 39.1. The minimum absolute atomic E-state index is 0.0462. The van der Waals surface area contributed by atoms with Crippen LogP contribution in [0, 0.1) is 11.3 Å². The van der Waals surface area contributed by atoms with Crippen molar-refractivity contribution in [3.8, 4) is 57.1 Å². The van der Waals surface area contributed by atoms with Gasteiger partial charge in [0.15, 0.2) is 23.9 Å². The molecule has 2 saturated heterocycles. The number of primary amides is 1. The third-order valence-electron chi connectivity index (χ3n) is 21.4. The van der Waals surface area contributed by atoms with E-state index in [1.807, 2.05) is 0 Å². The van der Waals surface area contributed by atoms with E-state index >= 15 is 24.0 Å². The number of nitrogens with zero attached hydrogens (tertiary/aromatic N) is 2. The Morgan fingerprint density at radius 2 is 1.35 bits per heavy atom. The van der Waals surface area contributed by atoms with Gasteiger partial charge in [0.1, 0.15) is 101 Å². The molecule has 11 bridgehead atoms. The number of hydrogen-bond donors (Lipinski definition) is 23. The number of aromatic nitrogens is 2. The molecular weight excluding hydrogens is 1740 g/mol. The molecule has 41 nitrogen and oxygen atoms in total. The van der Waals surface area contributed by atoms with Gasteiger partial charge in [0.25, 0.3) is 5.91 Å². The molecule has 7 aliphatic rings. The number of guanidine groups is 1. The zero-order valence-electron chi connectivity index (χ0n) is 67.4. The molecule has 0 radical (unpaired) electrons. The molecule has 7 aromatic rings. The normalized spacial score (nSPS) is 25.8. The van der Waals surface area contributed by atoms with Crippen LogP contribution in [0.3, 0.4) is 0 Å². The number of amides is 9. The molecule has 126 heavy (non-hydrogen) atoms. The fraction of sp³-hybridized carbons (Fsp3) is 0.383. The second kappa shape index (κ2) is 39.4. The van der Waals surface area contributed by atoms with Gasteiger partial charge in [0.05, 0.1) is 57.8 Å². The summed E-state index contributed by atoms with van der Waals surface area (Å²) in [7, 11) is 1.46. The van der Waals surface area contributed by atoms with Gasteiger partial charge in [-0.1, -0.05) is 84.5 Å². The number of nitrogens with two attached hydrogens (primary N) is 2. The van der Waals surface area contributed by atoms with Crippen LogP contribution in [-0.4, -0.2) is 214 Å². The highest BCUT2D eigenvalue weighted by molar-refractivity contribution is 6.42. The van der Waals surface area contributed by atoms with Gasteiger partial charge in [-0.15, -0.1) is 0 Å². The summed E-state index contributed by atoms with van der Waals surface area (Å²) in [6.45, 7) is 5.54. The summed E-state index contributed by atoms with van der Waals surface area (Å²) in [6, 6.07) is 5.10. The lowest BCUT2D eigenvalue weighted by Crippen LogP contribution is -2.65. The quantitative estimate of drug-likeness (QED) is 0.0286. The van der Waals surface area contributed by atoms with Crippen molar-refractivity contribution in [3.63, 3.8) is 0 Å². The summed E-state index contributed by atoms with van der Waals surface area (Å²) < 4.78 is 40.6. The Morgan fingerprint density at radius 3 is 1.98 bits per heavy atom. The number of phenolic OH excluding ortho intramolecular Hbond substituents is 3. The number of halogens is 4. The average Bonchev–Trinajstić information content (AvgIpc) is 0.764. The minimum Gasteiger partial charge on any atom is -0.508 e. The van der Waals surface area contributed by atoms with Crippen LogP contribution in [0.25, 0.3) is 11.1 Å². The van der Waals surface area contributed by atoms with Gasteiger partial charge in [-0.3, -0.25) is 64.0 Å². The number of phenols is 3. The summed E-state index contributed by atoms with van der Waals surface area (Å²) in [5.41, 5.74) is 10.9. The lowest BCUT2D eigenvalue weighted by Gasteiger charge is -2.48. The zero-order valence-corrected chi connectivity index (χ0v) is 70.4. The van der Waals surface area contributed by atoms with E-state index in [1.54, 1.807) is 26.8 Å². The number of likely N-dealkylation sites (N-methyl/N-ethyl adjacent to an activating group) is 1. The lowest BCUT2D eigenvalue weighted by atomic mass is 9.85. The Bertz CT molecular complexity index is 5470. The van der Waals surface area contributed by atoms with Gasteiger partial charge in [0.2, 0.25) is 65.3 Å². The molecule has 1 unspecified atom stereocenters. The monoisotopic (exact) mass is 1830 g/mol. The molecule has 0 saturated carbocycles. The Labute approximate surface area is 735 Å². The minimum atomic E-state index is -2.41. The molecular formula is C81H90Cl4N16O25. The summed E-state index contributed by atoms with van der Waals surface area (Å²) in [4.78, 5) is 150. The molecule has 2 fully saturated rings. The van der Waals surface area contributed by atoms with E-state index in [2.05, 4.69) is 63.7 Å². The molecule has 18 atom stereocenters. The van der Waals surface area contributed by atoms with E-state index in [-0.39, 0.29) is 76.6 Å². The molecule has 0 aliphatic carbocycles. The molecule has 8 heterocycles. The van der Waals surface area contributed by atoms with Crippen LogP contribution >= 0.6 is 46.4 Å². The number of fused-ring (bicyclic) bond motifs is 15. The summed E-state index contributed by atoms with van der Waals surface area (Å²) in [6.07, 6.45) is -18.4. The van der Waals surface area contributed by atoms with Gasteiger partial charge in [-0.05, 0) is 139 Å². The Kier molecular flexibility index (Phi) is 29.2. The number of anilines is 1. The van der Waals surface area contributed by atoms with Crippen LogP contribution in [0.5, 0.6) is 46.0 Å². The molecule has 1 aromatic heterocycles. The van der Waals surface area contributed by atoms with Crippen LogP contribution in [0.15, 0.2) is 114 Å². The number of rotatable bonds is 20. The number of nitrogens with one attached hydrogen (secondary N) is 12. The highest BCUT2D eigenvalue weighted by atomic mass is 35.5. The zero-order chi connectivity index (χ0) is 91.4. The Morgan fingerprint density at radius 1 is 0.698 bits per heavy atom. The van der Waals surface area contributed by atoms with Gasteiger partial charge < -0.3 is 134 Å². The third-order valence-corrected chi connectivity index (χ3v) is 22.8. The fourth-order valence-corrected chi connectivity index (χ4v) is 15.8. The first-order valence-corrected chi connectivity index (χ1v) is 40.6. The Balaban J connectivity index is 1.000. The lowest BCUT2D eigenvalue weighted by molar-refractivity contribution is -0.334. The van der Waals surface area contributed by atoms with E-state index in [0.717, 1.165) is 66.7 Å². The number of aliphatic hydroxyl groups is 6. The molecule has 9 amide bonds. The van der Waals surface area contributed by atoms with Crippen molar-refractivity contribution in [2.45, 2.75) is 169 Å². The largest absolute Gasteiger partial charge is 0.508 e. The topological polar surface area (TPSA) is 634 Å². The highest BCUT2D eigenvalue weighted by Gasteiger charge is 2.52. The van der Waals surface area contributed by atoms with Crippen molar-refractivity contribution in [1.82, 2.24) is 62.9 Å². The predicted molar refractivity (Wildman–Crippen MR) is 446 cm³/mol. The van der Waals surface area contributed by atoms with E-state index in [0.29, 0.717) is 5.56 Å². The second-order valence-corrected chi connectivity index (χ2v) is 32.6. The number of aliphatic hydroxyl groups excluding tert-OH is 6. The summed E-state index contributed by atoms with van der Waals surface area (Å²) >= 11 is 26.5. The van der Waals surface area contributed by atoms with Crippen LogP contribution in [0.2, 0.25) is 20.1 Å². The van der Waals surface area contributed by atoms with Gasteiger partial charge >= 0.3 is 5.69 Å². The predicted octanol–water partition coefficient (Wildman–Crippen LogP) is 0.912. The SMILES string of the molecule is CN[C@H](CC(C)C)C(=O)N[C@H]1C(=O)N[C@@H](CC(N)=O)C(=O)N[C@H]2C(=O)N[C@H]3C(=O)N[C@H](C(=O)N[C@@H](C(=O)NNC(=N)N)c4cc(O)cc(O)c4-c4cc3ccc4O)[C@H](O)c3ccc(c(Cl)c3)Oc3cc2cc(c3OC2O[C@H](CO)[C@@H](O)[C@H](O)[C@H]2O[C@H]2C[C@@](C)(NCCn3ccc(NC(=O)Cc4ccc(Cl)c(Cl)c4)nc3=O)[C@H](O)[C@H](C)O2)Oc2ccc(cc2Cl)[C@H]1O. The van der Waals surface area contributed by atoms with Crippen LogP contribution in [-0.2, 0) is 70.3 Å². The second-order valence-electron chi connectivity index (χ2n) is 31.0. The van der Waals surface area contributed by atoms with Crippen molar-refractivity contribution in [2.75, 3.05) is 25.5 Å². The maximum atomic E-state index is 16.3. The fourth-order valence-electron chi connectivity index (χ4n) is 15.0. The number of carbonyl (C=O) groups excluding carboxylic acids is 9. The van der Waals surface area contributed by atoms with E-state index in [9.17, 15) is 69.9 Å². The maximum absolute atomic E-state index is 16.3. The first kappa shape index (κ1) is 93.4. The molecule has 0 spiro atoms. The number of ether oxygens (including phenoxy) is 6. The van der Waals surface area contributed by atoms with Crippen molar-refractivity contribution in [3.05, 3.63) is 173 Å². The molecule has 25 N–H and O–H groups in total. The van der Waals surface area contributed by atoms with Gasteiger partial charge in [-0.2, -0.15) is 4.98 Å². The summed E-state index contributed by atoms with van der Waals surface area (Å²) in [5.74, 6) is -17.3. The van der Waals surface area contributed by atoms with E-state index in [1.165, 1.54) is 55.1 Å². The first-order chi connectivity index (χ1) is 59.7. The number of hydrogen-bond acceptors (Lipinski definition) is 29.